The molecular formula is C9H18NO3+. The average molecular weight is 188 g/mol. The van der Waals surface area contributed by atoms with Crippen molar-refractivity contribution in [1.29, 1.82) is 0 Å². The van der Waals surface area contributed by atoms with Crippen molar-refractivity contribution in [3.8, 4) is 0 Å². The van der Waals surface area contributed by atoms with Crippen LogP contribution < -0.4 is 5.32 Å². The molecule has 0 radical (unpaired) electrons. The number of hydrogen-bond acceptors (Lipinski definition) is 4. The summed E-state index contributed by atoms with van der Waals surface area (Å²) in [6.45, 7) is 3.77. The maximum atomic E-state index is 9.65. The van der Waals surface area contributed by atoms with Crippen LogP contribution in [-0.2, 0) is 9.47 Å². The molecule has 4 heteroatoms. The first-order chi connectivity index (χ1) is 6.29. The molecule has 13 heavy (non-hydrogen) atoms. The Kier molecular flexibility index (Phi) is 4.52. The largest absolute Gasteiger partial charge is 0.381 e. The van der Waals surface area contributed by atoms with Crippen molar-refractivity contribution in [3.63, 3.8) is 0 Å². The van der Waals surface area contributed by atoms with Crippen LogP contribution in [0, 0.1) is 12.3 Å². The van der Waals surface area contributed by atoms with E-state index in [9.17, 15) is 5.11 Å². The van der Waals surface area contributed by atoms with Crippen molar-refractivity contribution in [1.82, 2.24) is 5.32 Å². The van der Waals surface area contributed by atoms with Gasteiger partial charge in [-0.1, -0.05) is 0 Å². The van der Waals surface area contributed by atoms with Gasteiger partial charge >= 0.3 is 0 Å². The summed E-state index contributed by atoms with van der Waals surface area (Å²) in [5.74, 6) is 0.404. The van der Waals surface area contributed by atoms with Gasteiger partial charge in [0.05, 0.1) is 32.9 Å². The van der Waals surface area contributed by atoms with Gasteiger partial charge in [-0.05, 0) is 0 Å². The summed E-state index contributed by atoms with van der Waals surface area (Å²) in [6, 6.07) is 0.0544. The minimum absolute atomic E-state index is 0.0544. The predicted octanol–water partition coefficient (Wildman–Crippen LogP) is -0.220. The lowest BCUT2D eigenvalue weighted by Gasteiger charge is -2.34. The van der Waals surface area contributed by atoms with E-state index in [0.717, 1.165) is 13.2 Å². The van der Waals surface area contributed by atoms with Crippen LogP contribution in [0.1, 0.15) is 6.92 Å². The Morgan fingerprint density at radius 1 is 1.69 bits per heavy atom. The molecule has 0 amide bonds. The third kappa shape index (κ3) is 2.84. The first-order valence-corrected chi connectivity index (χ1v) is 4.57. The minimum atomic E-state index is -0.427. The van der Waals surface area contributed by atoms with Crippen molar-refractivity contribution in [2.24, 2.45) is 5.92 Å². The predicted molar refractivity (Wildman–Crippen MR) is 49.1 cm³/mol. The fraction of sp³-hybridized carbons (Fsp3) is 0.889. The lowest BCUT2D eigenvalue weighted by Crippen LogP contribution is -2.52. The van der Waals surface area contributed by atoms with Gasteiger partial charge in [0.1, 0.15) is 6.42 Å². The summed E-state index contributed by atoms with van der Waals surface area (Å²) in [5.41, 5.74) is 0. The van der Waals surface area contributed by atoms with Crippen molar-refractivity contribution in [2.75, 3.05) is 27.1 Å². The second-order valence-electron chi connectivity index (χ2n) is 3.28. The second kappa shape index (κ2) is 5.44. The molecule has 0 aliphatic carbocycles. The van der Waals surface area contributed by atoms with Gasteiger partial charge in [-0.25, -0.2) is 0 Å². The van der Waals surface area contributed by atoms with Gasteiger partial charge in [-0.15, -0.1) is 0 Å². The highest BCUT2D eigenvalue weighted by Gasteiger charge is 2.36. The molecule has 0 aromatic carbocycles. The van der Waals surface area contributed by atoms with E-state index in [4.69, 9.17) is 9.47 Å². The molecule has 1 rings (SSSR count). The zero-order valence-electron chi connectivity index (χ0n) is 8.19. The summed E-state index contributed by atoms with van der Waals surface area (Å²) < 4.78 is 9.99. The van der Waals surface area contributed by atoms with Crippen molar-refractivity contribution in [2.45, 2.75) is 19.1 Å². The Hall–Kier alpha value is -0.290. The molecule has 2 N–H and O–H groups in total. The van der Waals surface area contributed by atoms with Crippen LogP contribution in [-0.4, -0.2) is 44.3 Å². The summed E-state index contributed by atoms with van der Waals surface area (Å²) in [6.07, 6.45) is 1.36. The first kappa shape index (κ1) is 10.8. The highest BCUT2D eigenvalue weighted by molar-refractivity contribution is 4.90. The Balaban J connectivity index is 2.33. The molecule has 1 aliphatic heterocycles. The zero-order valence-corrected chi connectivity index (χ0v) is 8.19. The number of aliphatic hydroxyl groups is 1. The highest BCUT2D eigenvalue weighted by Crippen LogP contribution is 2.18. The fourth-order valence-electron chi connectivity index (χ4n) is 1.41. The van der Waals surface area contributed by atoms with Gasteiger partial charge in [0.2, 0.25) is 6.10 Å². The van der Waals surface area contributed by atoms with Gasteiger partial charge < -0.3 is 14.6 Å². The maximum absolute atomic E-state index is 9.65. The van der Waals surface area contributed by atoms with Gasteiger partial charge in [0.15, 0.2) is 0 Å². The molecular weight excluding hydrogens is 170 g/mol. The molecule has 0 saturated carbocycles. The van der Waals surface area contributed by atoms with E-state index >= 15 is 0 Å². The molecule has 0 aromatic rings. The van der Waals surface area contributed by atoms with Gasteiger partial charge in [-0.2, -0.15) is 0 Å². The summed E-state index contributed by atoms with van der Waals surface area (Å²) >= 11 is 0. The SMILES string of the molecule is C[CH+]C(O)C(NCOC)C1COC1. The lowest BCUT2D eigenvalue weighted by atomic mass is 9.92. The van der Waals surface area contributed by atoms with E-state index in [2.05, 4.69) is 5.32 Å². The van der Waals surface area contributed by atoms with Gasteiger partial charge in [-0.3, -0.25) is 5.32 Å². The molecule has 0 aromatic heterocycles. The van der Waals surface area contributed by atoms with Crippen molar-refractivity contribution >= 4 is 0 Å². The van der Waals surface area contributed by atoms with Crippen LogP contribution in [0.15, 0.2) is 0 Å². The van der Waals surface area contributed by atoms with E-state index in [0.29, 0.717) is 12.6 Å². The molecule has 2 atom stereocenters. The summed E-state index contributed by atoms with van der Waals surface area (Å²) in [7, 11) is 1.63. The summed E-state index contributed by atoms with van der Waals surface area (Å²) in [5, 5.41) is 12.8. The number of hydrogen-bond donors (Lipinski definition) is 2. The Labute approximate surface area is 79.2 Å². The number of nitrogens with one attached hydrogen (secondary N) is 1. The number of methoxy groups -OCH3 is 1. The van der Waals surface area contributed by atoms with Crippen molar-refractivity contribution in [3.05, 3.63) is 6.42 Å². The number of ether oxygens (including phenoxy) is 2. The number of aliphatic hydroxyl groups excluding tert-OH is 1. The molecule has 1 saturated heterocycles. The quantitative estimate of drug-likeness (QED) is 0.447. The zero-order chi connectivity index (χ0) is 9.68. The molecule has 0 spiro atoms. The Morgan fingerprint density at radius 2 is 2.38 bits per heavy atom. The van der Waals surface area contributed by atoms with Crippen LogP contribution in [0.5, 0.6) is 0 Å². The molecule has 2 unspecified atom stereocenters. The lowest BCUT2D eigenvalue weighted by molar-refractivity contribution is -0.0731. The topological polar surface area (TPSA) is 50.7 Å². The van der Waals surface area contributed by atoms with E-state index < -0.39 is 6.10 Å². The molecule has 1 aliphatic rings. The average Bonchev–Trinajstić information content (AvgIpc) is 2.07. The van der Waals surface area contributed by atoms with Gasteiger partial charge in [0, 0.05) is 13.0 Å². The standard InChI is InChI=1S/C9H18NO3/c1-3-8(11)9(10-6-12-2)7-4-13-5-7/h3,7-11H,4-6H2,1-2H3/q+1. The smallest absolute Gasteiger partial charge is 0.210 e. The van der Waals surface area contributed by atoms with Gasteiger partial charge in [0.25, 0.3) is 0 Å². The molecule has 76 valence electrons. The van der Waals surface area contributed by atoms with E-state index in [1.54, 1.807) is 13.5 Å². The van der Waals surface area contributed by atoms with E-state index in [-0.39, 0.29) is 6.04 Å². The second-order valence-corrected chi connectivity index (χ2v) is 3.28. The number of rotatable bonds is 6. The normalized spacial score (nSPS) is 22.1. The van der Waals surface area contributed by atoms with Crippen LogP contribution in [0.2, 0.25) is 0 Å². The fourth-order valence-corrected chi connectivity index (χ4v) is 1.41. The maximum Gasteiger partial charge on any atom is 0.210 e. The minimum Gasteiger partial charge on any atom is -0.381 e. The van der Waals surface area contributed by atoms with Crippen LogP contribution >= 0.6 is 0 Å². The monoisotopic (exact) mass is 188 g/mol. The summed E-state index contributed by atoms with van der Waals surface area (Å²) in [4.78, 5) is 0. The van der Waals surface area contributed by atoms with Crippen LogP contribution in [0.4, 0.5) is 0 Å². The third-order valence-corrected chi connectivity index (χ3v) is 2.34. The highest BCUT2D eigenvalue weighted by atomic mass is 16.5. The molecule has 4 nitrogen and oxygen atoms in total. The van der Waals surface area contributed by atoms with Crippen LogP contribution in [0.3, 0.4) is 0 Å². The van der Waals surface area contributed by atoms with Crippen LogP contribution in [0.25, 0.3) is 0 Å². The van der Waals surface area contributed by atoms with E-state index in [1.165, 1.54) is 0 Å². The third-order valence-electron chi connectivity index (χ3n) is 2.34. The molecule has 1 heterocycles. The van der Waals surface area contributed by atoms with Crippen molar-refractivity contribution < 1.29 is 14.6 Å². The Morgan fingerprint density at radius 3 is 2.77 bits per heavy atom. The molecule has 0 bridgehead atoms. The first-order valence-electron chi connectivity index (χ1n) is 4.57. The molecule has 1 fully saturated rings. The van der Waals surface area contributed by atoms with E-state index in [1.807, 2.05) is 6.92 Å². The Bertz CT molecular complexity index is 134.